The molecule has 0 radical (unpaired) electrons. The molecule has 0 unspecified atom stereocenters. The van der Waals surface area contributed by atoms with E-state index in [2.05, 4.69) is 32.1 Å². The minimum atomic E-state index is -0.743. The molecule has 48 heavy (non-hydrogen) atoms. The van der Waals surface area contributed by atoms with E-state index < -0.39 is 11.9 Å². The molecule has 0 bridgehead atoms. The average Bonchev–Trinajstić information content (AvgIpc) is 3.13. The molecule has 230 valence electrons. The Labute approximate surface area is 275 Å². The third kappa shape index (κ3) is 7.09. The lowest BCUT2D eigenvalue weighted by atomic mass is 10.0. The molecule has 0 atom stereocenters. The highest BCUT2D eigenvalue weighted by atomic mass is 16.5. The number of nitriles is 2. The number of para-hydroxylation sites is 1. The van der Waals surface area contributed by atoms with E-state index in [4.69, 9.17) is 21.0 Å². The molecule has 2 N–H and O–H groups in total. The van der Waals surface area contributed by atoms with E-state index in [0.29, 0.717) is 34.8 Å². The van der Waals surface area contributed by atoms with Crippen LogP contribution < -0.4 is 10.5 Å². The van der Waals surface area contributed by atoms with Gasteiger partial charge in [-0.1, -0.05) is 48.5 Å². The number of aromatic nitrogens is 4. The molecule has 2 aromatic heterocycles. The number of rotatable bonds is 9. The van der Waals surface area contributed by atoms with E-state index in [1.165, 1.54) is 6.07 Å². The molecule has 6 aromatic rings. The molecule has 10 nitrogen and oxygen atoms in total. The van der Waals surface area contributed by atoms with Crippen LogP contribution >= 0.6 is 0 Å². The summed E-state index contributed by atoms with van der Waals surface area (Å²) in [5, 5.41) is 18.1. The standard InChI is InChI=1S/C38H25N7O3/c39-18-24-7-11-27(12-8-24)31-20-42-34(43-21-31)16-26-3-1-5-30(15-26)38(47)48-36-29(4-2-6-33(36)37(41)46)17-35-44-22-32(23-45-35)28-13-9-25(19-40)10-14-28/h1-15,20-23H,16-17H2,(H2,41,46). The molecule has 0 aliphatic carbocycles. The molecule has 0 aliphatic heterocycles. The Bertz CT molecular complexity index is 2200. The second-order valence-corrected chi connectivity index (χ2v) is 10.8. The first-order chi connectivity index (χ1) is 23.4. The maximum atomic E-state index is 13.4. The fraction of sp³-hybridized carbons (Fsp3) is 0.0526. The van der Waals surface area contributed by atoms with Crippen molar-refractivity contribution in [3.63, 3.8) is 0 Å². The number of primary amides is 1. The predicted molar refractivity (Wildman–Crippen MR) is 176 cm³/mol. The van der Waals surface area contributed by atoms with Gasteiger partial charge in [0, 0.05) is 54.3 Å². The van der Waals surface area contributed by atoms with Crippen molar-refractivity contribution in [3.8, 4) is 40.1 Å². The first-order valence-corrected chi connectivity index (χ1v) is 14.8. The Morgan fingerprint density at radius 1 is 0.646 bits per heavy atom. The molecule has 6 rings (SSSR count). The van der Waals surface area contributed by atoms with Crippen LogP contribution in [-0.2, 0) is 12.8 Å². The number of esters is 1. The molecule has 0 spiro atoms. The number of amides is 1. The summed E-state index contributed by atoms with van der Waals surface area (Å²) in [6.45, 7) is 0. The topological polar surface area (TPSA) is 169 Å². The van der Waals surface area contributed by atoms with Crippen LogP contribution in [0.15, 0.2) is 116 Å². The van der Waals surface area contributed by atoms with Gasteiger partial charge in [-0.15, -0.1) is 0 Å². The minimum Gasteiger partial charge on any atom is -0.422 e. The zero-order chi connectivity index (χ0) is 33.5. The van der Waals surface area contributed by atoms with Crippen molar-refractivity contribution < 1.29 is 14.3 Å². The lowest BCUT2D eigenvalue weighted by Crippen LogP contribution is -2.18. The molecule has 10 heteroatoms. The van der Waals surface area contributed by atoms with Gasteiger partial charge in [0.15, 0.2) is 0 Å². The van der Waals surface area contributed by atoms with E-state index in [-0.39, 0.29) is 23.3 Å². The van der Waals surface area contributed by atoms with Crippen molar-refractivity contribution in [2.24, 2.45) is 5.73 Å². The van der Waals surface area contributed by atoms with Gasteiger partial charge in [0.2, 0.25) is 0 Å². The number of benzene rings is 4. The highest BCUT2D eigenvalue weighted by Crippen LogP contribution is 2.28. The maximum Gasteiger partial charge on any atom is 0.343 e. The van der Waals surface area contributed by atoms with Crippen LogP contribution in [-0.4, -0.2) is 31.8 Å². The summed E-state index contributed by atoms with van der Waals surface area (Å²) in [5.41, 5.74) is 11.8. The summed E-state index contributed by atoms with van der Waals surface area (Å²) in [4.78, 5) is 43.7. The van der Waals surface area contributed by atoms with Crippen LogP contribution in [0.2, 0.25) is 0 Å². The van der Waals surface area contributed by atoms with Crippen LogP contribution in [0.4, 0.5) is 0 Å². The Morgan fingerprint density at radius 2 is 1.17 bits per heavy atom. The fourth-order valence-corrected chi connectivity index (χ4v) is 5.02. The second kappa shape index (κ2) is 13.9. The van der Waals surface area contributed by atoms with Crippen molar-refractivity contribution in [1.29, 1.82) is 10.5 Å². The number of carbonyl (C=O) groups excluding carboxylic acids is 2. The first kappa shape index (κ1) is 31.0. The van der Waals surface area contributed by atoms with Gasteiger partial charge in [-0.3, -0.25) is 4.79 Å². The summed E-state index contributed by atoms with van der Waals surface area (Å²) < 4.78 is 5.82. The Hall–Kier alpha value is -7.04. The lowest BCUT2D eigenvalue weighted by molar-refractivity contribution is 0.0731. The zero-order valence-electron chi connectivity index (χ0n) is 25.4. The van der Waals surface area contributed by atoms with E-state index >= 15 is 0 Å². The molecule has 4 aromatic carbocycles. The summed E-state index contributed by atoms with van der Waals surface area (Å²) in [7, 11) is 0. The van der Waals surface area contributed by atoms with E-state index in [0.717, 1.165) is 27.8 Å². The molecule has 1 amide bonds. The summed E-state index contributed by atoms with van der Waals surface area (Å²) in [5.74, 6) is -0.363. The molecule has 0 aliphatic rings. The van der Waals surface area contributed by atoms with Gasteiger partial charge in [0.05, 0.1) is 34.4 Å². The van der Waals surface area contributed by atoms with Crippen molar-refractivity contribution in [1.82, 2.24) is 19.9 Å². The van der Waals surface area contributed by atoms with Gasteiger partial charge in [0.1, 0.15) is 17.4 Å². The van der Waals surface area contributed by atoms with Gasteiger partial charge in [0.25, 0.3) is 5.91 Å². The monoisotopic (exact) mass is 627 g/mol. The lowest BCUT2D eigenvalue weighted by Gasteiger charge is -2.13. The van der Waals surface area contributed by atoms with Crippen molar-refractivity contribution in [2.75, 3.05) is 0 Å². The third-order valence-electron chi connectivity index (χ3n) is 7.54. The SMILES string of the molecule is N#Cc1ccc(-c2cnc(Cc3cccc(C(=O)Oc4c(Cc5ncc(-c6ccc(C#N)cc6)cn5)cccc4C(N)=O)c3)nc2)cc1. The highest BCUT2D eigenvalue weighted by molar-refractivity contribution is 5.98. The Morgan fingerprint density at radius 3 is 1.69 bits per heavy atom. The normalized spacial score (nSPS) is 10.5. The zero-order valence-corrected chi connectivity index (χ0v) is 25.4. The molecule has 2 heterocycles. The van der Waals surface area contributed by atoms with Gasteiger partial charge in [-0.05, 0) is 59.2 Å². The average molecular weight is 628 g/mol. The summed E-state index contributed by atoms with van der Waals surface area (Å²) >= 11 is 0. The van der Waals surface area contributed by atoms with E-state index in [1.54, 1.807) is 79.4 Å². The quantitative estimate of drug-likeness (QED) is 0.153. The maximum absolute atomic E-state index is 13.4. The van der Waals surface area contributed by atoms with Crippen LogP contribution in [0.1, 0.15) is 54.6 Å². The summed E-state index contributed by atoms with van der Waals surface area (Å²) in [6, 6.07) is 30.2. The van der Waals surface area contributed by atoms with Crippen molar-refractivity contribution in [3.05, 3.63) is 161 Å². The predicted octanol–water partition coefficient (Wildman–Crippen LogP) is 5.84. The van der Waals surface area contributed by atoms with Crippen LogP contribution in [0, 0.1) is 22.7 Å². The first-order valence-electron chi connectivity index (χ1n) is 14.8. The summed E-state index contributed by atoms with van der Waals surface area (Å²) in [6.07, 6.45) is 7.32. The van der Waals surface area contributed by atoms with Crippen LogP contribution in [0.5, 0.6) is 5.75 Å². The molecular formula is C38H25N7O3. The van der Waals surface area contributed by atoms with Gasteiger partial charge < -0.3 is 10.5 Å². The number of nitrogens with two attached hydrogens (primary N) is 1. The molecule has 0 saturated carbocycles. The minimum absolute atomic E-state index is 0.0434. The van der Waals surface area contributed by atoms with Crippen LogP contribution in [0.3, 0.4) is 0 Å². The molecule has 0 saturated heterocycles. The van der Waals surface area contributed by atoms with Gasteiger partial charge in [-0.2, -0.15) is 10.5 Å². The Kier molecular flexibility index (Phi) is 8.99. The molecule has 0 fully saturated rings. The number of hydrogen-bond donors (Lipinski definition) is 1. The van der Waals surface area contributed by atoms with Gasteiger partial charge in [-0.25, -0.2) is 24.7 Å². The number of hydrogen-bond acceptors (Lipinski definition) is 9. The largest absolute Gasteiger partial charge is 0.422 e. The number of nitrogens with zero attached hydrogens (tertiary/aromatic N) is 6. The second-order valence-electron chi connectivity index (χ2n) is 10.8. The van der Waals surface area contributed by atoms with Crippen molar-refractivity contribution >= 4 is 11.9 Å². The number of ether oxygens (including phenoxy) is 1. The van der Waals surface area contributed by atoms with Crippen molar-refractivity contribution in [2.45, 2.75) is 12.8 Å². The third-order valence-corrected chi connectivity index (χ3v) is 7.54. The van der Waals surface area contributed by atoms with Crippen LogP contribution in [0.25, 0.3) is 22.3 Å². The smallest absolute Gasteiger partial charge is 0.343 e. The van der Waals surface area contributed by atoms with Gasteiger partial charge >= 0.3 is 5.97 Å². The fourth-order valence-electron chi connectivity index (χ4n) is 5.02. The number of carbonyl (C=O) groups is 2. The highest BCUT2D eigenvalue weighted by Gasteiger charge is 2.20. The Balaban J connectivity index is 1.18. The van der Waals surface area contributed by atoms with E-state index in [9.17, 15) is 9.59 Å². The van der Waals surface area contributed by atoms with E-state index in [1.807, 2.05) is 30.3 Å². The molecular weight excluding hydrogens is 602 g/mol.